The third-order valence-electron chi connectivity index (χ3n) is 5.23. The van der Waals surface area contributed by atoms with E-state index in [-0.39, 0.29) is 0 Å². The molecule has 1 rings (SSSR count). The Morgan fingerprint density at radius 2 is 1.90 bits per heavy atom. The number of carbonyl (C=O) groups is 1. The van der Waals surface area contributed by atoms with Crippen molar-refractivity contribution in [2.24, 2.45) is 11.3 Å². The van der Waals surface area contributed by atoms with Crippen LogP contribution >= 0.6 is 0 Å². The average molecular weight is 299 g/mol. The molecular formula is C17H33NO3. The smallest absolute Gasteiger partial charge is 0.310 e. The maximum atomic E-state index is 11.9. The molecule has 0 radical (unpaired) electrons. The number of hydrogen-bond acceptors (Lipinski definition) is 3. The zero-order chi connectivity index (χ0) is 15.9. The number of aliphatic carboxylic acids is 1. The van der Waals surface area contributed by atoms with Gasteiger partial charge in [-0.3, -0.25) is 9.69 Å². The highest BCUT2D eigenvalue weighted by atomic mass is 16.5. The SMILES string of the molecule is CCC(CC)N(CCOC)CC1(C(=O)O)CCC(C)CC1. The van der Waals surface area contributed by atoms with Crippen LogP contribution in [0.15, 0.2) is 0 Å². The highest BCUT2D eigenvalue weighted by molar-refractivity contribution is 5.75. The summed E-state index contributed by atoms with van der Waals surface area (Å²) in [5.41, 5.74) is -0.553. The summed E-state index contributed by atoms with van der Waals surface area (Å²) in [7, 11) is 1.71. The van der Waals surface area contributed by atoms with Gasteiger partial charge in [-0.15, -0.1) is 0 Å². The molecule has 0 spiro atoms. The number of hydrogen-bond donors (Lipinski definition) is 1. The van der Waals surface area contributed by atoms with E-state index in [1.165, 1.54) is 0 Å². The number of ether oxygens (including phenoxy) is 1. The van der Waals surface area contributed by atoms with Gasteiger partial charge >= 0.3 is 5.97 Å². The largest absolute Gasteiger partial charge is 0.481 e. The predicted octanol–water partition coefficient (Wildman–Crippen LogP) is 3.40. The second-order valence-electron chi connectivity index (χ2n) is 6.70. The standard InChI is InChI=1S/C17H33NO3/c1-5-15(6-2)18(11-12-21-4)13-17(16(19)20)9-7-14(3)8-10-17/h14-15H,5-13H2,1-4H3,(H,19,20). The van der Waals surface area contributed by atoms with Gasteiger partial charge in [-0.05, 0) is 44.4 Å². The molecule has 124 valence electrons. The second kappa shape index (κ2) is 8.74. The molecule has 21 heavy (non-hydrogen) atoms. The fraction of sp³-hybridized carbons (Fsp3) is 0.941. The average Bonchev–Trinajstić information content (AvgIpc) is 2.48. The molecule has 0 heterocycles. The van der Waals surface area contributed by atoms with Crippen LogP contribution in [0.25, 0.3) is 0 Å². The first kappa shape index (κ1) is 18.4. The van der Waals surface area contributed by atoms with Gasteiger partial charge < -0.3 is 9.84 Å². The summed E-state index contributed by atoms with van der Waals surface area (Å²) in [6.45, 7) is 8.77. The Morgan fingerprint density at radius 1 is 1.33 bits per heavy atom. The molecule has 1 N–H and O–H groups in total. The van der Waals surface area contributed by atoms with E-state index in [0.717, 1.165) is 45.1 Å². The van der Waals surface area contributed by atoms with Gasteiger partial charge in [0.1, 0.15) is 0 Å². The van der Waals surface area contributed by atoms with Crippen molar-refractivity contribution in [3.05, 3.63) is 0 Å². The monoisotopic (exact) mass is 299 g/mol. The molecule has 1 aliphatic carbocycles. The molecule has 0 aromatic rings. The molecule has 0 saturated heterocycles. The lowest BCUT2D eigenvalue weighted by molar-refractivity contribution is -0.153. The molecule has 0 unspecified atom stereocenters. The second-order valence-corrected chi connectivity index (χ2v) is 6.70. The Hall–Kier alpha value is -0.610. The van der Waals surface area contributed by atoms with Gasteiger partial charge in [-0.1, -0.05) is 20.8 Å². The number of carboxylic acids is 1. The van der Waals surface area contributed by atoms with Crippen molar-refractivity contribution >= 4 is 5.97 Å². The van der Waals surface area contributed by atoms with Gasteiger partial charge in [0.25, 0.3) is 0 Å². The van der Waals surface area contributed by atoms with E-state index in [4.69, 9.17) is 4.74 Å². The molecule has 0 aromatic carbocycles. The molecule has 1 saturated carbocycles. The van der Waals surface area contributed by atoms with Crippen molar-refractivity contribution in [2.75, 3.05) is 26.8 Å². The third-order valence-corrected chi connectivity index (χ3v) is 5.23. The summed E-state index contributed by atoms with van der Waals surface area (Å²) < 4.78 is 5.22. The number of rotatable bonds is 9. The van der Waals surface area contributed by atoms with E-state index in [0.29, 0.717) is 25.1 Å². The zero-order valence-corrected chi connectivity index (χ0v) is 14.2. The van der Waals surface area contributed by atoms with Gasteiger partial charge in [-0.25, -0.2) is 0 Å². The lowest BCUT2D eigenvalue weighted by atomic mass is 9.70. The van der Waals surface area contributed by atoms with E-state index in [1.807, 2.05) is 0 Å². The topological polar surface area (TPSA) is 49.8 Å². The Morgan fingerprint density at radius 3 is 2.33 bits per heavy atom. The minimum atomic E-state index is -0.609. The van der Waals surface area contributed by atoms with Crippen LogP contribution in [0.1, 0.15) is 59.3 Å². The van der Waals surface area contributed by atoms with Crippen molar-refractivity contribution in [3.8, 4) is 0 Å². The fourth-order valence-corrected chi connectivity index (χ4v) is 3.55. The molecule has 1 aliphatic rings. The number of methoxy groups -OCH3 is 1. The molecular weight excluding hydrogens is 266 g/mol. The van der Waals surface area contributed by atoms with E-state index in [1.54, 1.807) is 7.11 Å². The molecule has 4 nitrogen and oxygen atoms in total. The van der Waals surface area contributed by atoms with Crippen LogP contribution in [0.2, 0.25) is 0 Å². The zero-order valence-electron chi connectivity index (χ0n) is 14.2. The number of carboxylic acid groups (broad SMARTS) is 1. The lowest BCUT2D eigenvalue weighted by Gasteiger charge is -2.42. The Bertz CT molecular complexity index is 307. The molecule has 0 atom stereocenters. The van der Waals surface area contributed by atoms with E-state index >= 15 is 0 Å². The van der Waals surface area contributed by atoms with Crippen LogP contribution in [-0.2, 0) is 9.53 Å². The molecule has 4 heteroatoms. The van der Waals surface area contributed by atoms with Crippen molar-refractivity contribution in [1.29, 1.82) is 0 Å². The van der Waals surface area contributed by atoms with Gasteiger partial charge in [0, 0.05) is 26.2 Å². The first-order valence-corrected chi connectivity index (χ1v) is 8.45. The van der Waals surface area contributed by atoms with Gasteiger partial charge in [0.15, 0.2) is 0 Å². The lowest BCUT2D eigenvalue weighted by Crippen LogP contribution is -2.49. The van der Waals surface area contributed by atoms with Crippen molar-refractivity contribution in [2.45, 2.75) is 65.3 Å². The van der Waals surface area contributed by atoms with Crippen molar-refractivity contribution < 1.29 is 14.6 Å². The van der Waals surface area contributed by atoms with E-state index in [2.05, 4.69) is 25.7 Å². The summed E-state index contributed by atoms with van der Waals surface area (Å²) in [5, 5.41) is 9.82. The quantitative estimate of drug-likeness (QED) is 0.709. The summed E-state index contributed by atoms with van der Waals surface area (Å²) in [6.07, 6.45) is 5.82. The van der Waals surface area contributed by atoms with Crippen LogP contribution in [-0.4, -0.2) is 48.8 Å². The summed E-state index contributed by atoms with van der Waals surface area (Å²) in [4.78, 5) is 14.3. The molecule has 1 fully saturated rings. The normalized spacial score (nSPS) is 26.5. The van der Waals surface area contributed by atoms with Gasteiger partial charge in [0.05, 0.1) is 12.0 Å². The number of nitrogens with zero attached hydrogens (tertiary/aromatic N) is 1. The Kier molecular flexibility index (Phi) is 7.67. The van der Waals surface area contributed by atoms with Crippen LogP contribution in [0.3, 0.4) is 0 Å². The van der Waals surface area contributed by atoms with Crippen molar-refractivity contribution in [3.63, 3.8) is 0 Å². The predicted molar refractivity (Wildman–Crippen MR) is 85.5 cm³/mol. The Labute approximate surface area is 129 Å². The summed E-state index contributed by atoms with van der Waals surface area (Å²) in [6, 6.07) is 0.454. The highest BCUT2D eigenvalue weighted by Crippen LogP contribution is 2.40. The summed E-state index contributed by atoms with van der Waals surface area (Å²) >= 11 is 0. The van der Waals surface area contributed by atoms with Crippen molar-refractivity contribution in [1.82, 2.24) is 4.90 Å². The first-order valence-electron chi connectivity index (χ1n) is 8.45. The first-order chi connectivity index (χ1) is 9.99. The van der Waals surface area contributed by atoms with Crippen LogP contribution in [0.5, 0.6) is 0 Å². The molecule has 0 aromatic heterocycles. The molecule has 0 amide bonds. The maximum absolute atomic E-state index is 11.9. The van der Waals surface area contributed by atoms with E-state index < -0.39 is 11.4 Å². The molecule has 0 aliphatic heterocycles. The van der Waals surface area contributed by atoms with Gasteiger partial charge in [-0.2, -0.15) is 0 Å². The van der Waals surface area contributed by atoms with E-state index in [9.17, 15) is 9.90 Å². The third kappa shape index (κ3) is 4.96. The Balaban J connectivity index is 2.83. The minimum absolute atomic E-state index is 0.454. The van der Waals surface area contributed by atoms with Gasteiger partial charge in [0.2, 0.25) is 0 Å². The minimum Gasteiger partial charge on any atom is -0.481 e. The van der Waals surface area contributed by atoms with Crippen LogP contribution < -0.4 is 0 Å². The maximum Gasteiger partial charge on any atom is 0.310 e. The highest BCUT2D eigenvalue weighted by Gasteiger charge is 2.43. The molecule has 0 bridgehead atoms. The summed E-state index contributed by atoms with van der Waals surface area (Å²) in [5.74, 6) is 0.0563. The van der Waals surface area contributed by atoms with Crippen LogP contribution in [0, 0.1) is 11.3 Å². The fourth-order valence-electron chi connectivity index (χ4n) is 3.55. The van der Waals surface area contributed by atoms with Crippen LogP contribution in [0.4, 0.5) is 0 Å².